The number of nitro benzene ring substituents is 1. The Bertz CT molecular complexity index is 524. The molecule has 20 heavy (non-hydrogen) atoms. The third kappa shape index (κ3) is 3.05. The summed E-state index contributed by atoms with van der Waals surface area (Å²) in [6, 6.07) is 4.39. The molecule has 108 valence electrons. The Morgan fingerprint density at radius 2 is 2.25 bits per heavy atom. The molecule has 0 saturated carbocycles. The summed E-state index contributed by atoms with van der Waals surface area (Å²) < 4.78 is 5.24. The van der Waals surface area contributed by atoms with Crippen LogP contribution in [0.15, 0.2) is 18.2 Å². The van der Waals surface area contributed by atoms with E-state index in [9.17, 15) is 14.9 Å². The minimum Gasteiger partial charge on any atom is -0.379 e. The van der Waals surface area contributed by atoms with Crippen LogP contribution in [0, 0.1) is 10.1 Å². The first kappa shape index (κ1) is 14.3. The fourth-order valence-corrected chi connectivity index (χ4v) is 2.07. The molecule has 1 atom stereocenters. The number of rotatable bonds is 4. The van der Waals surface area contributed by atoms with Gasteiger partial charge in [-0.2, -0.15) is 0 Å². The predicted molar refractivity (Wildman–Crippen MR) is 74.0 cm³/mol. The monoisotopic (exact) mass is 279 g/mol. The molecule has 0 spiro atoms. The van der Waals surface area contributed by atoms with Crippen LogP contribution in [-0.4, -0.2) is 49.1 Å². The summed E-state index contributed by atoms with van der Waals surface area (Å²) in [6.07, 6.45) is 0.795. The molecule has 1 heterocycles. The first-order valence-electron chi connectivity index (χ1n) is 6.33. The molecule has 1 amide bonds. The van der Waals surface area contributed by atoms with Crippen molar-refractivity contribution in [2.24, 2.45) is 0 Å². The van der Waals surface area contributed by atoms with Crippen LogP contribution < -0.4 is 5.32 Å². The van der Waals surface area contributed by atoms with Gasteiger partial charge in [0, 0.05) is 32.3 Å². The van der Waals surface area contributed by atoms with E-state index in [1.54, 1.807) is 14.1 Å². The molecule has 2 rings (SSSR count). The van der Waals surface area contributed by atoms with Crippen molar-refractivity contribution in [1.29, 1.82) is 0 Å². The number of carbonyl (C=O) groups is 1. The third-order valence-corrected chi connectivity index (χ3v) is 3.14. The lowest BCUT2D eigenvalue weighted by Crippen LogP contribution is -2.23. The summed E-state index contributed by atoms with van der Waals surface area (Å²) in [4.78, 5) is 23.9. The van der Waals surface area contributed by atoms with Gasteiger partial charge in [-0.25, -0.2) is 0 Å². The van der Waals surface area contributed by atoms with E-state index in [4.69, 9.17) is 4.74 Å². The van der Waals surface area contributed by atoms with E-state index in [0.29, 0.717) is 24.5 Å². The molecule has 1 unspecified atom stereocenters. The van der Waals surface area contributed by atoms with Crippen LogP contribution in [0.5, 0.6) is 0 Å². The van der Waals surface area contributed by atoms with Gasteiger partial charge in [0.2, 0.25) is 0 Å². The number of hydrogen-bond donors (Lipinski definition) is 1. The molecule has 0 aromatic heterocycles. The van der Waals surface area contributed by atoms with Crippen molar-refractivity contribution in [2.45, 2.75) is 12.5 Å². The minimum atomic E-state index is -0.456. The first-order chi connectivity index (χ1) is 9.49. The van der Waals surface area contributed by atoms with Crippen molar-refractivity contribution in [3.8, 4) is 0 Å². The van der Waals surface area contributed by atoms with E-state index in [2.05, 4.69) is 5.32 Å². The van der Waals surface area contributed by atoms with Gasteiger partial charge < -0.3 is 15.0 Å². The standard InChI is InChI=1S/C13H17N3O4/c1-15(2)13(17)9-3-4-12(16(18)19)11(7-9)14-10-5-6-20-8-10/h3-4,7,10,14H,5-6,8H2,1-2H3. The highest BCUT2D eigenvalue weighted by atomic mass is 16.6. The number of benzene rings is 1. The van der Waals surface area contributed by atoms with Crippen molar-refractivity contribution >= 4 is 17.3 Å². The third-order valence-electron chi connectivity index (χ3n) is 3.14. The zero-order chi connectivity index (χ0) is 14.7. The van der Waals surface area contributed by atoms with E-state index < -0.39 is 4.92 Å². The van der Waals surface area contributed by atoms with Crippen molar-refractivity contribution in [1.82, 2.24) is 4.90 Å². The zero-order valence-electron chi connectivity index (χ0n) is 11.5. The van der Waals surface area contributed by atoms with Gasteiger partial charge in [0.1, 0.15) is 5.69 Å². The molecule has 1 aromatic carbocycles. The van der Waals surface area contributed by atoms with Gasteiger partial charge in [-0.05, 0) is 18.6 Å². The zero-order valence-corrected chi connectivity index (χ0v) is 11.5. The van der Waals surface area contributed by atoms with Crippen LogP contribution in [0.1, 0.15) is 16.8 Å². The van der Waals surface area contributed by atoms with Crippen LogP contribution in [-0.2, 0) is 4.74 Å². The average molecular weight is 279 g/mol. The number of anilines is 1. The molecule has 7 heteroatoms. The molecule has 1 aromatic rings. The van der Waals surface area contributed by atoms with Gasteiger partial charge in [0.25, 0.3) is 11.6 Å². The molecule has 1 saturated heterocycles. The lowest BCUT2D eigenvalue weighted by atomic mass is 10.1. The minimum absolute atomic E-state index is 0.0350. The van der Waals surface area contributed by atoms with Crippen molar-refractivity contribution in [2.75, 3.05) is 32.6 Å². The summed E-state index contributed by atoms with van der Waals surface area (Å²) in [5.41, 5.74) is 0.743. The van der Waals surface area contributed by atoms with Crippen LogP contribution in [0.4, 0.5) is 11.4 Å². The lowest BCUT2D eigenvalue weighted by molar-refractivity contribution is -0.384. The maximum absolute atomic E-state index is 11.9. The largest absolute Gasteiger partial charge is 0.379 e. The highest BCUT2D eigenvalue weighted by molar-refractivity contribution is 5.95. The molecule has 1 fully saturated rings. The van der Waals surface area contributed by atoms with Gasteiger partial charge >= 0.3 is 0 Å². The summed E-state index contributed by atoms with van der Waals surface area (Å²) in [5, 5.41) is 14.1. The molecular weight excluding hydrogens is 262 g/mol. The fraction of sp³-hybridized carbons (Fsp3) is 0.462. The maximum Gasteiger partial charge on any atom is 0.292 e. The summed E-state index contributed by atoms with van der Waals surface area (Å²) in [6.45, 7) is 1.16. The number of nitro groups is 1. The fourth-order valence-electron chi connectivity index (χ4n) is 2.07. The molecule has 0 aliphatic carbocycles. The molecule has 1 N–H and O–H groups in total. The normalized spacial score (nSPS) is 17.8. The van der Waals surface area contributed by atoms with E-state index in [0.717, 1.165) is 6.42 Å². The summed E-state index contributed by atoms with van der Waals surface area (Å²) >= 11 is 0. The molecule has 0 bridgehead atoms. The van der Waals surface area contributed by atoms with Gasteiger partial charge in [-0.1, -0.05) is 0 Å². The topological polar surface area (TPSA) is 84.7 Å². The summed E-state index contributed by atoms with van der Waals surface area (Å²) in [5.74, 6) is -0.189. The van der Waals surface area contributed by atoms with Crippen molar-refractivity contribution in [3.63, 3.8) is 0 Å². The number of amides is 1. The Morgan fingerprint density at radius 3 is 2.80 bits per heavy atom. The van der Waals surface area contributed by atoms with Gasteiger partial charge in [0.05, 0.1) is 17.6 Å². The number of nitrogens with zero attached hydrogens (tertiary/aromatic N) is 2. The predicted octanol–water partition coefficient (Wildman–Crippen LogP) is 1.50. The Hall–Kier alpha value is -2.15. The second-order valence-corrected chi connectivity index (χ2v) is 4.89. The van der Waals surface area contributed by atoms with E-state index >= 15 is 0 Å². The second kappa shape index (κ2) is 5.87. The SMILES string of the molecule is CN(C)C(=O)c1ccc([N+](=O)[O-])c(NC2CCOC2)c1. The maximum atomic E-state index is 11.9. The van der Waals surface area contributed by atoms with Crippen LogP contribution in [0.2, 0.25) is 0 Å². The van der Waals surface area contributed by atoms with Crippen LogP contribution >= 0.6 is 0 Å². The highest BCUT2D eigenvalue weighted by Crippen LogP contribution is 2.27. The molecule has 1 aliphatic heterocycles. The average Bonchev–Trinajstić information content (AvgIpc) is 2.90. The smallest absolute Gasteiger partial charge is 0.292 e. The Labute approximate surface area is 116 Å². The number of ether oxygens (including phenoxy) is 1. The molecule has 1 aliphatic rings. The van der Waals surface area contributed by atoms with Crippen LogP contribution in [0.3, 0.4) is 0 Å². The van der Waals surface area contributed by atoms with Crippen molar-refractivity contribution < 1.29 is 14.5 Å². The highest BCUT2D eigenvalue weighted by Gasteiger charge is 2.22. The molecule has 0 radical (unpaired) electrons. The van der Waals surface area contributed by atoms with Gasteiger partial charge in [-0.15, -0.1) is 0 Å². The molecule has 7 nitrogen and oxygen atoms in total. The van der Waals surface area contributed by atoms with Crippen LogP contribution in [0.25, 0.3) is 0 Å². The quantitative estimate of drug-likeness (QED) is 0.667. The van der Waals surface area contributed by atoms with E-state index in [-0.39, 0.29) is 17.6 Å². The Morgan fingerprint density at radius 1 is 1.50 bits per heavy atom. The summed E-state index contributed by atoms with van der Waals surface area (Å²) in [7, 11) is 3.28. The lowest BCUT2D eigenvalue weighted by Gasteiger charge is -2.15. The van der Waals surface area contributed by atoms with E-state index in [1.165, 1.54) is 23.1 Å². The second-order valence-electron chi connectivity index (χ2n) is 4.89. The Kier molecular flexibility index (Phi) is 4.19. The number of nitrogens with one attached hydrogen (secondary N) is 1. The van der Waals surface area contributed by atoms with E-state index in [1.807, 2.05) is 0 Å². The molecular formula is C13H17N3O4. The Balaban J connectivity index is 2.31. The number of carbonyl (C=O) groups excluding carboxylic acids is 1. The van der Waals surface area contributed by atoms with Crippen molar-refractivity contribution in [3.05, 3.63) is 33.9 Å². The van der Waals surface area contributed by atoms with Gasteiger partial charge in [0.15, 0.2) is 0 Å². The first-order valence-corrected chi connectivity index (χ1v) is 6.33. The number of hydrogen-bond acceptors (Lipinski definition) is 5. The van der Waals surface area contributed by atoms with Gasteiger partial charge in [-0.3, -0.25) is 14.9 Å².